The van der Waals surface area contributed by atoms with E-state index >= 15 is 0 Å². The Hall–Kier alpha value is -1.75. The molecule has 0 aliphatic heterocycles. The Morgan fingerprint density at radius 2 is 2.22 bits per heavy atom. The Bertz CT molecular complexity index is 499. The Labute approximate surface area is 111 Å². The normalized spacial score (nSPS) is 10.3. The highest BCUT2D eigenvalue weighted by atomic mass is 32.1. The van der Waals surface area contributed by atoms with E-state index < -0.39 is 0 Å². The first-order valence-corrected chi connectivity index (χ1v) is 6.70. The number of thiophene rings is 1. The molecule has 4 nitrogen and oxygen atoms in total. The zero-order chi connectivity index (χ0) is 13.0. The third-order valence-corrected chi connectivity index (χ3v) is 3.56. The molecule has 0 amide bonds. The van der Waals surface area contributed by atoms with Crippen molar-refractivity contribution < 1.29 is 4.74 Å². The van der Waals surface area contributed by atoms with Crippen molar-refractivity contribution in [1.82, 2.24) is 4.98 Å². The summed E-state index contributed by atoms with van der Waals surface area (Å²) in [6.45, 7) is 3.85. The van der Waals surface area contributed by atoms with Crippen LogP contribution in [0.15, 0.2) is 29.6 Å². The summed E-state index contributed by atoms with van der Waals surface area (Å²) in [6, 6.07) is 7.94. The summed E-state index contributed by atoms with van der Waals surface area (Å²) < 4.78 is 5.16. The number of anilines is 2. The van der Waals surface area contributed by atoms with Gasteiger partial charge < -0.3 is 15.4 Å². The van der Waals surface area contributed by atoms with Crippen molar-refractivity contribution in [3.05, 3.63) is 34.5 Å². The SMILES string of the molecule is CCN(Cc1cccs1)c1ccc(N)c(OC)n1. The Morgan fingerprint density at radius 3 is 2.83 bits per heavy atom. The molecule has 2 aromatic heterocycles. The van der Waals surface area contributed by atoms with Gasteiger partial charge in [-0.1, -0.05) is 6.07 Å². The second-order valence-electron chi connectivity index (χ2n) is 3.86. The molecular formula is C13H17N3OS. The van der Waals surface area contributed by atoms with Crippen LogP contribution in [0.2, 0.25) is 0 Å². The molecule has 96 valence electrons. The molecule has 0 bridgehead atoms. The van der Waals surface area contributed by atoms with Crippen molar-refractivity contribution in [3.63, 3.8) is 0 Å². The molecule has 2 N–H and O–H groups in total. The van der Waals surface area contributed by atoms with E-state index in [1.807, 2.05) is 12.1 Å². The molecule has 18 heavy (non-hydrogen) atoms. The fourth-order valence-corrected chi connectivity index (χ4v) is 2.45. The molecule has 2 heterocycles. The minimum absolute atomic E-state index is 0.483. The number of pyridine rings is 1. The minimum Gasteiger partial charge on any atom is -0.479 e. The lowest BCUT2D eigenvalue weighted by Gasteiger charge is -2.21. The maximum absolute atomic E-state index is 5.77. The molecule has 0 spiro atoms. The van der Waals surface area contributed by atoms with Gasteiger partial charge >= 0.3 is 0 Å². The number of nitrogens with zero attached hydrogens (tertiary/aromatic N) is 2. The molecule has 2 aromatic rings. The summed E-state index contributed by atoms with van der Waals surface area (Å²) in [7, 11) is 1.58. The van der Waals surface area contributed by atoms with Gasteiger partial charge in [0.05, 0.1) is 19.3 Å². The summed E-state index contributed by atoms with van der Waals surface area (Å²) in [5.41, 5.74) is 6.34. The van der Waals surface area contributed by atoms with Crippen LogP contribution in [-0.4, -0.2) is 18.6 Å². The van der Waals surface area contributed by atoms with Gasteiger partial charge in [-0.25, -0.2) is 0 Å². The summed E-state index contributed by atoms with van der Waals surface area (Å²) >= 11 is 1.75. The van der Waals surface area contributed by atoms with E-state index in [9.17, 15) is 0 Å². The number of methoxy groups -OCH3 is 1. The van der Waals surface area contributed by atoms with Gasteiger partial charge in [-0.3, -0.25) is 0 Å². The third kappa shape index (κ3) is 2.73. The Balaban J connectivity index is 2.21. The average molecular weight is 263 g/mol. The number of hydrogen-bond acceptors (Lipinski definition) is 5. The van der Waals surface area contributed by atoms with Crippen LogP contribution >= 0.6 is 11.3 Å². The lowest BCUT2D eigenvalue weighted by Crippen LogP contribution is -2.22. The van der Waals surface area contributed by atoms with E-state index in [0.29, 0.717) is 11.6 Å². The zero-order valence-corrected chi connectivity index (χ0v) is 11.4. The van der Waals surface area contributed by atoms with Crippen LogP contribution in [0.1, 0.15) is 11.8 Å². The molecule has 0 aromatic carbocycles. The van der Waals surface area contributed by atoms with E-state index in [0.717, 1.165) is 18.9 Å². The molecule has 0 atom stereocenters. The van der Waals surface area contributed by atoms with Gasteiger partial charge in [0.1, 0.15) is 5.82 Å². The standard InChI is InChI=1S/C13H17N3OS/c1-3-16(9-10-5-4-8-18-10)12-7-6-11(14)13(15-12)17-2/h4-8H,3,9,14H2,1-2H3. The van der Waals surface area contributed by atoms with Gasteiger partial charge in [-0.2, -0.15) is 4.98 Å². The van der Waals surface area contributed by atoms with Crippen molar-refractivity contribution in [1.29, 1.82) is 0 Å². The lowest BCUT2D eigenvalue weighted by molar-refractivity contribution is 0.400. The molecule has 0 saturated heterocycles. The number of nitrogen functional groups attached to an aromatic ring is 1. The van der Waals surface area contributed by atoms with Gasteiger partial charge in [-0.15, -0.1) is 11.3 Å². The predicted molar refractivity (Wildman–Crippen MR) is 76.2 cm³/mol. The van der Waals surface area contributed by atoms with Gasteiger partial charge in [0, 0.05) is 11.4 Å². The summed E-state index contributed by atoms with van der Waals surface area (Å²) in [4.78, 5) is 7.93. The van der Waals surface area contributed by atoms with E-state index in [1.165, 1.54) is 4.88 Å². The molecule has 0 radical (unpaired) electrons. The first kappa shape index (κ1) is 12.7. The molecule has 5 heteroatoms. The fourth-order valence-electron chi connectivity index (χ4n) is 1.73. The second-order valence-corrected chi connectivity index (χ2v) is 4.89. The minimum atomic E-state index is 0.483. The number of hydrogen-bond donors (Lipinski definition) is 1. The second kappa shape index (κ2) is 5.73. The van der Waals surface area contributed by atoms with Crippen molar-refractivity contribution in [2.45, 2.75) is 13.5 Å². The van der Waals surface area contributed by atoms with Crippen LogP contribution in [0.5, 0.6) is 5.88 Å². The Kier molecular flexibility index (Phi) is 4.04. The first-order valence-electron chi connectivity index (χ1n) is 5.82. The maximum Gasteiger partial charge on any atom is 0.238 e. The lowest BCUT2D eigenvalue weighted by atomic mass is 10.3. The largest absolute Gasteiger partial charge is 0.479 e. The fraction of sp³-hybridized carbons (Fsp3) is 0.308. The van der Waals surface area contributed by atoms with Crippen LogP contribution in [-0.2, 0) is 6.54 Å². The highest BCUT2D eigenvalue weighted by Gasteiger charge is 2.10. The average Bonchev–Trinajstić information content (AvgIpc) is 2.89. The number of aromatic nitrogens is 1. The molecule has 2 rings (SSSR count). The van der Waals surface area contributed by atoms with Crippen LogP contribution in [0, 0.1) is 0 Å². The summed E-state index contributed by atoms with van der Waals surface area (Å²) in [5, 5.41) is 2.08. The molecule has 0 fully saturated rings. The Morgan fingerprint density at radius 1 is 1.39 bits per heavy atom. The highest BCUT2D eigenvalue weighted by Crippen LogP contribution is 2.24. The van der Waals surface area contributed by atoms with Gasteiger partial charge in [-0.05, 0) is 30.5 Å². The third-order valence-electron chi connectivity index (χ3n) is 2.70. The zero-order valence-electron chi connectivity index (χ0n) is 10.6. The van der Waals surface area contributed by atoms with Crippen LogP contribution in [0.4, 0.5) is 11.5 Å². The smallest absolute Gasteiger partial charge is 0.238 e. The quantitative estimate of drug-likeness (QED) is 0.901. The van der Waals surface area contributed by atoms with Gasteiger partial charge in [0.25, 0.3) is 0 Å². The molecule has 0 unspecified atom stereocenters. The van der Waals surface area contributed by atoms with Crippen LogP contribution in [0.3, 0.4) is 0 Å². The first-order chi connectivity index (χ1) is 8.74. The summed E-state index contributed by atoms with van der Waals surface area (Å²) in [6.07, 6.45) is 0. The van der Waals surface area contributed by atoms with Gasteiger partial charge in [0.15, 0.2) is 0 Å². The topological polar surface area (TPSA) is 51.4 Å². The van der Waals surface area contributed by atoms with Crippen molar-refractivity contribution in [2.75, 3.05) is 24.3 Å². The van der Waals surface area contributed by atoms with E-state index in [-0.39, 0.29) is 0 Å². The number of rotatable bonds is 5. The van der Waals surface area contributed by atoms with Crippen LogP contribution in [0.25, 0.3) is 0 Å². The van der Waals surface area contributed by atoms with Crippen molar-refractivity contribution >= 4 is 22.8 Å². The monoisotopic (exact) mass is 263 g/mol. The van der Waals surface area contributed by atoms with Crippen molar-refractivity contribution in [3.8, 4) is 5.88 Å². The maximum atomic E-state index is 5.77. The highest BCUT2D eigenvalue weighted by molar-refractivity contribution is 7.09. The molecule has 0 aliphatic rings. The number of ether oxygens (including phenoxy) is 1. The van der Waals surface area contributed by atoms with E-state index in [1.54, 1.807) is 18.4 Å². The predicted octanol–water partition coefficient (Wildman–Crippen LogP) is 2.76. The molecule has 0 aliphatic carbocycles. The summed E-state index contributed by atoms with van der Waals surface area (Å²) in [5.74, 6) is 1.37. The number of nitrogens with two attached hydrogens (primary N) is 1. The van der Waals surface area contributed by atoms with E-state index in [2.05, 4.69) is 34.3 Å². The van der Waals surface area contributed by atoms with Crippen molar-refractivity contribution in [2.24, 2.45) is 0 Å². The molecule has 0 saturated carbocycles. The van der Waals surface area contributed by atoms with E-state index in [4.69, 9.17) is 10.5 Å². The molecular weight excluding hydrogens is 246 g/mol. The van der Waals surface area contributed by atoms with Crippen LogP contribution < -0.4 is 15.4 Å². The van der Waals surface area contributed by atoms with Gasteiger partial charge in [0.2, 0.25) is 5.88 Å².